The van der Waals surface area contributed by atoms with E-state index in [1.807, 2.05) is 22.7 Å². The maximum Gasteiger partial charge on any atom is 0.00607 e. The van der Waals surface area contributed by atoms with E-state index in [9.17, 15) is 0 Å². The quantitative estimate of drug-likeness (QED) is 0.605. The first-order chi connectivity index (χ1) is 10.8. The van der Waals surface area contributed by atoms with E-state index in [4.69, 9.17) is 11.5 Å². The van der Waals surface area contributed by atoms with Gasteiger partial charge in [-0.25, -0.2) is 0 Å². The average Bonchev–Trinajstić information content (AvgIpc) is 3.13. The molecule has 0 unspecified atom stereocenters. The molecule has 0 atom stereocenters. The van der Waals surface area contributed by atoms with Crippen LogP contribution in [-0.4, -0.2) is 13.1 Å². The van der Waals surface area contributed by atoms with Crippen molar-refractivity contribution in [3.05, 3.63) is 43.8 Å². The summed E-state index contributed by atoms with van der Waals surface area (Å²) in [5, 5.41) is 0. The molecule has 2 aromatic heterocycles. The molecule has 2 heterocycles. The van der Waals surface area contributed by atoms with Crippen LogP contribution in [0.5, 0.6) is 0 Å². The van der Waals surface area contributed by atoms with E-state index in [-0.39, 0.29) is 0 Å². The molecule has 0 aliphatic rings. The Hall–Kier alpha value is -0.680. The molecule has 2 rings (SSSR count). The van der Waals surface area contributed by atoms with E-state index in [1.165, 1.54) is 58.0 Å². The van der Waals surface area contributed by atoms with Gasteiger partial charge < -0.3 is 11.5 Å². The SMILES string of the molecule is NCCc1ccc(CCCCCCc2ccc(CCN)s2)s1. The zero-order valence-corrected chi connectivity index (χ0v) is 15.0. The molecular weight excluding hydrogens is 308 g/mol. The molecule has 0 aliphatic carbocycles. The largest absolute Gasteiger partial charge is 0.330 e. The van der Waals surface area contributed by atoms with Gasteiger partial charge in [0, 0.05) is 19.5 Å². The zero-order valence-electron chi connectivity index (χ0n) is 13.4. The third-order valence-electron chi connectivity index (χ3n) is 3.81. The number of rotatable bonds is 11. The maximum absolute atomic E-state index is 5.59. The molecule has 4 heteroatoms. The van der Waals surface area contributed by atoms with Gasteiger partial charge in [0.05, 0.1) is 0 Å². The summed E-state index contributed by atoms with van der Waals surface area (Å²) in [5.41, 5.74) is 11.2. The third kappa shape index (κ3) is 6.21. The monoisotopic (exact) mass is 336 g/mol. The van der Waals surface area contributed by atoms with Crippen molar-refractivity contribution in [2.24, 2.45) is 11.5 Å². The van der Waals surface area contributed by atoms with E-state index in [0.29, 0.717) is 0 Å². The predicted octanol–water partition coefficient (Wildman–Crippen LogP) is 4.16. The molecule has 0 bridgehead atoms. The molecule has 0 aromatic carbocycles. The van der Waals surface area contributed by atoms with Crippen LogP contribution in [0.2, 0.25) is 0 Å². The summed E-state index contributed by atoms with van der Waals surface area (Å²) in [6.07, 6.45) is 9.81. The Labute approximate surface area is 142 Å². The summed E-state index contributed by atoms with van der Waals surface area (Å²) in [6, 6.07) is 9.03. The van der Waals surface area contributed by atoms with E-state index in [2.05, 4.69) is 24.3 Å². The van der Waals surface area contributed by atoms with E-state index < -0.39 is 0 Å². The van der Waals surface area contributed by atoms with Crippen LogP contribution < -0.4 is 11.5 Å². The van der Waals surface area contributed by atoms with Crippen molar-refractivity contribution in [2.45, 2.75) is 51.4 Å². The van der Waals surface area contributed by atoms with Crippen LogP contribution >= 0.6 is 22.7 Å². The van der Waals surface area contributed by atoms with Gasteiger partial charge in [0.1, 0.15) is 0 Å². The Morgan fingerprint density at radius 2 is 0.909 bits per heavy atom. The Morgan fingerprint density at radius 3 is 1.27 bits per heavy atom. The molecular formula is C18H28N2S2. The second-order valence-electron chi connectivity index (χ2n) is 5.73. The highest BCUT2D eigenvalue weighted by Gasteiger charge is 2.01. The van der Waals surface area contributed by atoms with Crippen LogP contribution in [0.25, 0.3) is 0 Å². The number of unbranched alkanes of at least 4 members (excludes halogenated alkanes) is 3. The molecule has 2 aromatic rings. The Balaban J connectivity index is 1.54. The second kappa shape index (κ2) is 10.2. The molecule has 0 spiro atoms. The molecule has 0 saturated carbocycles. The summed E-state index contributed by atoms with van der Waals surface area (Å²) in [4.78, 5) is 5.91. The minimum absolute atomic E-state index is 0.760. The summed E-state index contributed by atoms with van der Waals surface area (Å²) >= 11 is 3.87. The van der Waals surface area contributed by atoms with Crippen molar-refractivity contribution < 1.29 is 0 Å². The first kappa shape index (κ1) is 17.7. The minimum Gasteiger partial charge on any atom is -0.330 e. The number of nitrogens with two attached hydrogens (primary N) is 2. The van der Waals surface area contributed by atoms with E-state index >= 15 is 0 Å². The normalized spacial score (nSPS) is 11.2. The molecule has 0 saturated heterocycles. The lowest BCUT2D eigenvalue weighted by Crippen LogP contribution is -2.00. The highest BCUT2D eigenvalue weighted by atomic mass is 32.1. The maximum atomic E-state index is 5.59. The Kier molecular flexibility index (Phi) is 8.16. The zero-order chi connectivity index (χ0) is 15.6. The van der Waals surface area contributed by atoms with Crippen LogP contribution in [0.15, 0.2) is 24.3 Å². The molecule has 22 heavy (non-hydrogen) atoms. The fourth-order valence-electron chi connectivity index (χ4n) is 2.62. The third-order valence-corrected chi connectivity index (χ3v) is 6.22. The molecule has 0 aliphatic heterocycles. The van der Waals surface area contributed by atoms with Crippen molar-refractivity contribution in [1.29, 1.82) is 0 Å². The van der Waals surface area contributed by atoms with Crippen LogP contribution in [0.1, 0.15) is 45.2 Å². The average molecular weight is 337 g/mol. The fourth-order valence-corrected chi connectivity index (χ4v) is 4.77. The lowest BCUT2D eigenvalue weighted by Gasteiger charge is -2.00. The first-order valence-corrected chi connectivity index (χ1v) is 10.0. The fraction of sp³-hybridized carbons (Fsp3) is 0.556. The van der Waals surface area contributed by atoms with E-state index in [1.54, 1.807) is 0 Å². The lowest BCUT2D eigenvalue weighted by molar-refractivity contribution is 0.645. The topological polar surface area (TPSA) is 52.0 Å². The molecule has 0 fully saturated rings. The van der Waals surface area contributed by atoms with Crippen LogP contribution in [0.4, 0.5) is 0 Å². The Morgan fingerprint density at radius 1 is 0.545 bits per heavy atom. The summed E-state index contributed by atoms with van der Waals surface area (Å²) in [6.45, 7) is 1.52. The summed E-state index contributed by atoms with van der Waals surface area (Å²) in [5.74, 6) is 0. The van der Waals surface area contributed by atoms with Crippen LogP contribution in [-0.2, 0) is 25.7 Å². The van der Waals surface area contributed by atoms with Gasteiger partial charge in [0.25, 0.3) is 0 Å². The number of thiophene rings is 2. The van der Waals surface area contributed by atoms with E-state index in [0.717, 1.165) is 25.9 Å². The molecule has 0 radical (unpaired) electrons. The number of hydrogen-bond acceptors (Lipinski definition) is 4. The predicted molar refractivity (Wildman–Crippen MR) is 100 cm³/mol. The standard InChI is InChI=1S/C18H28N2S2/c19-13-11-17-9-7-15(21-17)5-3-1-2-4-6-16-8-10-18(22-16)12-14-20/h7-10H,1-6,11-14,19-20H2. The van der Waals surface area contributed by atoms with Crippen molar-refractivity contribution in [3.63, 3.8) is 0 Å². The summed E-state index contributed by atoms with van der Waals surface area (Å²) < 4.78 is 0. The van der Waals surface area contributed by atoms with Gasteiger partial charge in [-0.05, 0) is 75.9 Å². The van der Waals surface area contributed by atoms with Gasteiger partial charge in [0.2, 0.25) is 0 Å². The highest BCUT2D eigenvalue weighted by Crippen LogP contribution is 2.21. The molecule has 122 valence electrons. The molecule has 2 nitrogen and oxygen atoms in total. The highest BCUT2D eigenvalue weighted by molar-refractivity contribution is 7.12. The second-order valence-corrected chi connectivity index (χ2v) is 8.23. The van der Waals surface area contributed by atoms with Gasteiger partial charge in [-0.1, -0.05) is 12.8 Å². The van der Waals surface area contributed by atoms with Gasteiger partial charge >= 0.3 is 0 Å². The van der Waals surface area contributed by atoms with Gasteiger partial charge in [-0.2, -0.15) is 0 Å². The van der Waals surface area contributed by atoms with Crippen molar-refractivity contribution in [1.82, 2.24) is 0 Å². The number of aryl methyl sites for hydroxylation is 2. The minimum atomic E-state index is 0.760. The summed E-state index contributed by atoms with van der Waals surface area (Å²) in [7, 11) is 0. The van der Waals surface area contributed by atoms with Crippen molar-refractivity contribution in [3.8, 4) is 0 Å². The molecule has 0 amide bonds. The van der Waals surface area contributed by atoms with Crippen molar-refractivity contribution in [2.75, 3.05) is 13.1 Å². The van der Waals surface area contributed by atoms with Gasteiger partial charge in [-0.15, -0.1) is 22.7 Å². The molecule has 4 N–H and O–H groups in total. The number of hydrogen-bond donors (Lipinski definition) is 2. The first-order valence-electron chi connectivity index (χ1n) is 8.37. The van der Waals surface area contributed by atoms with Crippen molar-refractivity contribution >= 4 is 22.7 Å². The van der Waals surface area contributed by atoms with Crippen LogP contribution in [0.3, 0.4) is 0 Å². The smallest absolute Gasteiger partial charge is 0.00607 e. The lowest BCUT2D eigenvalue weighted by atomic mass is 10.1. The van der Waals surface area contributed by atoms with Crippen LogP contribution in [0, 0.1) is 0 Å². The Bertz CT molecular complexity index is 482. The van der Waals surface area contributed by atoms with Gasteiger partial charge in [0.15, 0.2) is 0 Å². The van der Waals surface area contributed by atoms with Gasteiger partial charge in [-0.3, -0.25) is 0 Å².